The number of esters is 1. The van der Waals surface area contributed by atoms with Crippen LogP contribution in [-0.4, -0.2) is 22.9 Å². The van der Waals surface area contributed by atoms with Crippen LogP contribution in [-0.2, 0) is 23.0 Å². The van der Waals surface area contributed by atoms with Gasteiger partial charge >= 0.3 is 5.97 Å². The molecule has 23 heavy (non-hydrogen) atoms. The summed E-state index contributed by atoms with van der Waals surface area (Å²) in [6, 6.07) is 6.99. The molecule has 0 spiro atoms. The van der Waals surface area contributed by atoms with Crippen LogP contribution in [0.2, 0.25) is 0 Å². The van der Waals surface area contributed by atoms with E-state index in [1.807, 2.05) is 25.3 Å². The second-order valence-corrected chi connectivity index (χ2v) is 5.37. The highest BCUT2D eigenvalue weighted by molar-refractivity contribution is 5.73. The van der Waals surface area contributed by atoms with Gasteiger partial charge in [-0.1, -0.05) is 18.2 Å². The van der Waals surface area contributed by atoms with Crippen LogP contribution < -0.4 is 0 Å². The van der Waals surface area contributed by atoms with Crippen molar-refractivity contribution in [3.63, 3.8) is 0 Å². The predicted molar refractivity (Wildman–Crippen MR) is 87.3 cm³/mol. The van der Waals surface area contributed by atoms with Gasteiger partial charge in [0, 0.05) is 19.7 Å². The molecule has 2 aromatic rings. The molecule has 1 aromatic carbocycles. The number of hydrogen-bond donors (Lipinski definition) is 0. The van der Waals surface area contributed by atoms with E-state index in [9.17, 15) is 9.18 Å². The van der Waals surface area contributed by atoms with Crippen molar-refractivity contribution in [1.29, 1.82) is 0 Å². The van der Waals surface area contributed by atoms with Crippen molar-refractivity contribution < 1.29 is 13.9 Å². The van der Waals surface area contributed by atoms with E-state index >= 15 is 0 Å². The molecule has 0 aliphatic rings. The molecule has 0 atom stereocenters. The van der Waals surface area contributed by atoms with E-state index in [0.29, 0.717) is 24.8 Å². The van der Waals surface area contributed by atoms with Crippen molar-refractivity contribution in [2.75, 3.05) is 7.11 Å². The van der Waals surface area contributed by atoms with E-state index < -0.39 is 0 Å². The van der Waals surface area contributed by atoms with Crippen LogP contribution in [0, 0.1) is 12.7 Å². The minimum Gasteiger partial charge on any atom is -0.469 e. The third-order valence-corrected chi connectivity index (χ3v) is 3.92. The van der Waals surface area contributed by atoms with Gasteiger partial charge in [0.15, 0.2) is 0 Å². The average Bonchev–Trinajstić information content (AvgIpc) is 2.97. The van der Waals surface area contributed by atoms with Gasteiger partial charge in [0.25, 0.3) is 0 Å². The summed E-state index contributed by atoms with van der Waals surface area (Å²) in [4.78, 5) is 11.4. The average molecular weight is 316 g/mol. The van der Waals surface area contributed by atoms with Crippen molar-refractivity contribution in [2.24, 2.45) is 7.05 Å². The topological polar surface area (TPSA) is 44.1 Å². The number of benzene rings is 1. The van der Waals surface area contributed by atoms with E-state index in [2.05, 4.69) is 5.10 Å². The number of allylic oxidation sites excluding steroid dienone is 2. The van der Waals surface area contributed by atoms with Crippen LogP contribution in [0.3, 0.4) is 0 Å². The lowest BCUT2D eigenvalue weighted by Crippen LogP contribution is -2.03. The molecule has 0 N–H and O–H groups in total. The molecule has 0 radical (unpaired) electrons. The zero-order valence-electron chi connectivity index (χ0n) is 13.7. The second kappa shape index (κ2) is 7.72. The zero-order chi connectivity index (χ0) is 16.8. The van der Waals surface area contributed by atoms with Crippen LogP contribution in [0.5, 0.6) is 0 Å². The standard InChI is InChI=1S/C18H21FN2O2/c1-13-14(5-4-6-16(13)19)7-8-15(9-10-18(22)23-3)17-11-12-20-21(17)2/h4-6,8,11-12H,7,9-10H2,1-3H3/b15-8+. The normalized spacial score (nSPS) is 11.6. The summed E-state index contributed by atoms with van der Waals surface area (Å²) in [6.07, 6.45) is 5.21. The van der Waals surface area contributed by atoms with Crippen molar-refractivity contribution in [1.82, 2.24) is 9.78 Å². The molecule has 0 saturated heterocycles. The van der Waals surface area contributed by atoms with E-state index in [4.69, 9.17) is 4.74 Å². The molecule has 0 amide bonds. The number of halogens is 1. The Balaban J connectivity index is 2.24. The molecule has 0 saturated carbocycles. The molecule has 1 heterocycles. The molecule has 0 unspecified atom stereocenters. The Morgan fingerprint density at radius 2 is 2.13 bits per heavy atom. The maximum atomic E-state index is 13.6. The molecule has 0 aliphatic carbocycles. The summed E-state index contributed by atoms with van der Waals surface area (Å²) < 4.78 is 20.1. The van der Waals surface area contributed by atoms with Crippen LogP contribution >= 0.6 is 0 Å². The minimum absolute atomic E-state index is 0.201. The molecule has 122 valence electrons. The van der Waals surface area contributed by atoms with Gasteiger partial charge in [0.2, 0.25) is 0 Å². The number of ether oxygens (including phenoxy) is 1. The third-order valence-electron chi connectivity index (χ3n) is 3.92. The summed E-state index contributed by atoms with van der Waals surface area (Å²) in [5.41, 5.74) is 3.53. The SMILES string of the molecule is COC(=O)CC/C(=C\Cc1cccc(F)c1C)c1ccnn1C. The molecular weight excluding hydrogens is 295 g/mol. The van der Waals surface area contributed by atoms with Gasteiger partial charge in [0.1, 0.15) is 5.82 Å². The number of aromatic nitrogens is 2. The fourth-order valence-corrected chi connectivity index (χ4v) is 2.47. The highest BCUT2D eigenvalue weighted by Gasteiger charge is 2.10. The fraction of sp³-hybridized carbons (Fsp3) is 0.333. The first-order valence-electron chi connectivity index (χ1n) is 7.51. The minimum atomic E-state index is -0.250. The highest BCUT2D eigenvalue weighted by Crippen LogP contribution is 2.22. The first-order valence-corrected chi connectivity index (χ1v) is 7.51. The van der Waals surface area contributed by atoms with Crippen molar-refractivity contribution in [3.8, 4) is 0 Å². The molecule has 0 aliphatic heterocycles. The summed E-state index contributed by atoms with van der Waals surface area (Å²) >= 11 is 0. The Morgan fingerprint density at radius 3 is 2.78 bits per heavy atom. The first kappa shape index (κ1) is 16.9. The van der Waals surface area contributed by atoms with Gasteiger partial charge < -0.3 is 4.74 Å². The second-order valence-electron chi connectivity index (χ2n) is 5.37. The molecule has 0 bridgehead atoms. The lowest BCUT2D eigenvalue weighted by Gasteiger charge is -2.09. The number of carbonyl (C=O) groups excluding carboxylic acids is 1. The molecule has 2 rings (SSSR count). The number of nitrogens with zero attached hydrogens (tertiary/aromatic N) is 2. The van der Waals surface area contributed by atoms with Crippen LogP contribution in [0.1, 0.15) is 29.7 Å². The van der Waals surface area contributed by atoms with Gasteiger partial charge in [-0.3, -0.25) is 9.48 Å². The maximum Gasteiger partial charge on any atom is 0.305 e. The van der Waals surface area contributed by atoms with Gasteiger partial charge in [-0.25, -0.2) is 4.39 Å². The Morgan fingerprint density at radius 1 is 1.35 bits per heavy atom. The number of methoxy groups -OCH3 is 1. The summed E-state index contributed by atoms with van der Waals surface area (Å²) in [5, 5.41) is 4.17. The molecule has 4 nitrogen and oxygen atoms in total. The van der Waals surface area contributed by atoms with Gasteiger partial charge in [-0.15, -0.1) is 0 Å². The van der Waals surface area contributed by atoms with Crippen LogP contribution in [0.25, 0.3) is 5.57 Å². The summed E-state index contributed by atoms with van der Waals surface area (Å²) in [7, 11) is 3.24. The quantitative estimate of drug-likeness (QED) is 0.767. The van der Waals surface area contributed by atoms with Gasteiger partial charge in [0.05, 0.1) is 12.8 Å². The van der Waals surface area contributed by atoms with Gasteiger partial charge in [-0.2, -0.15) is 5.10 Å². The van der Waals surface area contributed by atoms with Crippen molar-refractivity contribution in [2.45, 2.75) is 26.2 Å². The van der Waals surface area contributed by atoms with E-state index in [0.717, 1.165) is 16.8 Å². The Hall–Kier alpha value is -2.43. The largest absolute Gasteiger partial charge is 0.469 e. The Kier molecular flexibility index (Phi) is 5.68. The van der Waals surface area contributed by atoms with E-state index in [1.54, 1.807) is 23.9 Å². The van der Waals surface area contributed by atoms with E-state index in [-0.39, 0.29) is 11.8 Å². The first-order chi connectivity index (χ1) is 11.0. The number of carbonyl (C=O) groups is 1. The monoisotopic (exact) mass is 316 g/mol. The third kappa shape index (κ3) is 4.28. The highest BCUT2D eigenvalue weighted by atomic mass is 19.1. The van der Waals surface area contributed by atoms with E-state index in [1.165, 1.54) is 13.2 Å². The predicted octanol–water partition coefficient (Wildman–Crippen LogP) is 3.45. The van der Waals surface area contributed by atoms with Crippen LogP contribution in [0.15, 0.2) is 36.5 Å². The molecule has 5 heteroatoms. The molecule has 0 fully saturated rings. The maximum absolute atomic E-state index is 13.6. The Labute approximate surface area is 135 Å². The molecular formula is C18H21FN2O2. The number of hydrogen-bond acceptors (Lipinski definition) is 3. The Bertz CT molecular complexity index is 720. The lowest BCUT2D eigenvalue weighted by atomic mass is 10.00. The van der Waals surface area contributed by atoms with Crippen molar-refractivity contribution >= 4 is 11.5 Å². The summed E-state index contributed by atoms with van der Waals surface area (Å²) in [6.45, 7) is 1.77. The number of aryl methyl sites for hydroxylation is 1. The van der Waals surface area contributed by atoms with Gasteiger partial charge in [-0.05, 0) is 48.6 Å². The zero-order valence-corrected chi connectivity index (χ0v) is 13.7. The smallest absolute Gasteiger partial charge is 0.305 e. The molecule has 1 aromatic heterocycles. The van der Waals surface area contributed by atoms with Crippen LogP contribution in [0.4, 0.5) is 4.39 Å². The van der Waals surface area contributed by atoms with Crippen molar-refractivity contribution in [3.05, 3.63) is 59.2 Å². The summed E-state index contributed by atoms with van der Waals surface area (Å²) in [5.74, 6) is -0.451. The fourth-order valence-electron chi connectivity index (χ4n) is 2.47. The number of rotatable bonds is 6. The lowest BCUT2D eigenvalue weighted by molar-refractivity contribution is -0.140.